The molecule has 1 amide bonds. The summed E-state index contributed by atoms with van der Waals surface area (Å²) in [4.78, 5) is 12.1. The fourth-order valence-corrected chi connectivity index (χ4v) is 2.47. The molecule has 1 aromatic carbocycles. The number of amides is 1. The van der Waals surface area contributed by atoms with Crippen LogP contribution < -0.4 is 11.1 Å². The van der Waals surface area contributed by atoms with Gasteiger partial charge in [-0.3, -0.25) is 9.36 Å². The molecule has 2 rings (SSSR count). The van der Waals surface area contributed by atoms with Gasteiger partial charge in [0.2, 0.25) is 11.9 Å². The van der Waals surface area contributed by atoms with Crippen LogP contribution in [-0.2, 0) is 11.3 Å². The van der Waals surface area contributed by atoms with Crippen LogP contribution in [0.15, 0.2) is 23.4 Å². The van der Waals surface area contributed by atoms with Crippen molar-refractivity contribution < 1.29 is 4.79 Å². The van der Waals surface area contributed by atoms with Crippen LogP contribution in [0.5, 0.6) is 0 Å². The minimum Gasteiger partial charge on any atom is -0.368 e. The van der Waals surface area contributed by atoms with Gasteiger partial charge in [0, 0.05) is 5.69 Å². The Kier molecular flexibility index (Phi) is 5.49. The second-order valence-corrected chi connectivity index (χ2v) is 5.81. The highest BCUT2D eigenvalue weighted by molar-refractivity contribution is 7.99. The Morgan fingerprint density at radius 2 is 2.18 bits per heavy atom. The van der Waals surface area contributed by atoms with Crippen LogP contribution in [-0.4, -0.2) is 26.4 Å². The van der Waals surface area contributed by atoms with Gasteiger partial charge < -0.3 is 11.1 Å². The predicted molar refractivity (Wildman–Crippen MR) is 85.9 cm³/mol. The number of nitriles is 1. The zero-order valence-corrected chi connectivity index (χ0v) is 13.4. The first-order valence-electron chi connectivity index (χ1n) is 5.94. The molecule has 0 saturated heterocycles. The van der Waals surface area contributed by atoms with Crippen molar-refractivity contribution in [3.8, 4) is 6.07 Å². The number of rotatable bonds is 5. The molecule has 0 fully saturated rings. The summed E-state index contributed by atoms with van der Waals surface area (Å²) in [7, 11) is 0. The predicted octanol–water partition coefficient (Wildman–Crippen LogP) is 2.42. The van der Waals surface area contributed by atoms with Crippen LogP contribution in [0.2, 0.25) is 10.0 Å². The van der Waals surface area contributed by atoms with Gasteiger partial charge in [0.15, 0.2) is 5.16 Å². The Balaban J connectivity index is 2.07. The maximum atomic E-state index is 12.1. The van der Waals surface area contributed by atoms with Gasteiger partial charge in [0.1, 0.15) is 6.54 Å². The Morgan fingerprint density at radius 1 is 1.41 bits per heavy atom. The normalized spacial score (nSPS) is 10.2. The lowest BCUT2D eigenvalue weighted by atomic mass is 10.3. The quantitative estimate of drug-likeness (QED) is 0.796. The molecule has 2 aromatic rings. The molecule has 22 heavy (non-hydrogen) atoms. The van der Waals surface area contributed by atoms with Gasteiger partial charge in [-0.2, -0.15) is 5.26 Å². The summed E-state index contributed by atoms with van der Waals surface area (Å²) < 4.78 is 1.43. The molecule has 10 heteroatoms. The second-order valence-electron chi connectivity index (χ2n) is 4.05. The second kappa shape index (κ2) is 7.35. The van der Waals surface area contributed by atoms with Gasteiger partial charge in [0.25, 0.3) is 0 Å². The third-order valence-corrected chi connectivity index (χ3v) is 4.09. The van der Waals surface area contributed by atoms with Crippen molar-refractivity contribution in [2.24, 2.45) is 0 Å². The summed E-state index contributed by atoms with van der Waals surface area (Å²) in [5, 5.41) is 19.9. The number of carbonyl (C=O) groups excluding carboxylic acids is 1. The van der Waals surface area contributed by atoms with Crippen LogP contribution in [0, 0.1) is 11.3 Å². The van der Waals surface area contributed by atoms with Crippen molar-refractivity contribution in [3.63, 3.8) is 0 Å². The number of nitrogens with two attached hydrogens (primary N) is 1. The first kappa shape index (κ1) is 16.4. The fourth-order valence-electron chi connectivity index (χ4n) is 1.57. The van der Waals surface area contributed by atoms with Gasteiger partial charge in [0.05, 0.1) is 21.9 Å². The number of nitrogen functional groups attached to an aromatic ring is 1. The molecule has 0 spiro atoms. The van der Waals surface area contributed by atoms with Crippen molar-refractivity contribution in [1.29, 1.82) is 5.26 Å². The summed E-state index contributed by atoms with van der Waals surface area (Å²) in [5.74, 6) is -0.0413. The topological polar surface area (TPSA) is 110 Å². The molecule has 0 aliphatic carbocycles. The van der Waals surface area contributed by atoms with Gasteiger partial charge in [-0.1, -0.05) is 35.0 Å². The standard InChI is InChI=1S/C12H10Cl2N6OS/c13-8-2-1-7(5-9(8)14)17-10(21)6-20-11(16)18-19-12(20)22-4-3-15/h1-2,5H,4,6H2,(H2,16,18)(H,17,21). The van der Waals surface area contributed by atoms with E-state index >= 15 is 0 Å². The molecule has 0 radical (unpaired) electrons. The van der Waals surface area contributed by atoms with Gasteiger partial charge in [-0.25, -0.2) is 0 Å². The molecule has 3 N–H and O–H groups in total. The van der Waals surface area contributed by atoms with Gasteiger partial charge in [-0.05, 0) is 18.2 Å². The maximum Gasteiger partial charge on any atom is 0.244 e. The molecular weight excluding hydrogens is 347 g/mol. The third-order valence-electron chi connectivity index (χ3n) is 2.52. The highest BCUT2D eigenvalue weighted by Gasteiger charge is 2.14. The van der Waals surface area contributed by atoms with E-state index in [1.807, 2.05) is 6.07 Å². The largest absolute Gasteiger partial charge is 0.368 e. The molecule has 0 bridgehead atoms. The Labute approximate surface area is 140 Å². The molecule has 114 valence electrons. The summed E-state index contributed by atoms with van der Waals surface area (Å²) in [5.41, 5.74) is 6.18. The van der Waals surface area contributed by atoms with E-state index in [-0.39, 0.29) is 24.2 Å². The van der Waals surface area contributed by atoms with E-state index in [0.29, 0.717) is 20.9 Å². The van der Waals surface area contributed by atoms with E-state index in [1.54, 1.807) is 18.2 Å². The van der Waals surface area contributed by atoms with Crippen molar-refractivity contribution in [2.45, 2.75) is 11.7 Å². The number of carbonyl (C=O) groups is 1. The number of nitrogens with zero attached hydrogens (tertiary/aromatic N) is 4. The van der Waals surface area contributed by atoms with E-state index in [2.05, 4.69) is 15.5 Å². The number of thioether (sulfide) groups is 1. The van der Waals surface area contributed by atoms with Gasteiger partial charge in [-0.15, -0.1) is 10.2 Å². The summed E-state index contributed by atoms with van der Waals surface area (Å²) in [6.45, 7) is -0.0765. The Bertz CT molecular complexity index is 742. The summed E-state index contributed by atoms with van der Waals surface area (Å²) in [6.07, 6.45) is 0. The lowest BCUT2D eigenvalue weighted by molar-refractivity contribution is -0.116. The molecule has 0 atom stereocenters. The molecule has 1 aromatic heterocycles. The number of anilines is 2. The molecular formula is C12H10Cl2N6OS. The monoisotopic (exact) mass is 356 g/mol. The number of hydrogen-bond donors (Lipinski definition) is 2. The molecule has 0 aliphatic heterocycles. The zero-order valence-electron chi connectivity index (χ0n) is 11.1. The van der Waals surface area contributed by atoms with E-state index in [9.17, 15) is 4.79 Å². The van der Waals surface area contributed by atoms with Crippen molar-refractivity contribution in [1.82, 2.24) is 14.8 Å². The molecule has 0 aliphatic rings. The van der Waals surface area contributed by atoms with Crippen LogP contribution in [0.25, 0.3) is 0 Å². The first-order chi connectivity index (χ1) is 10.5. The Hall–Kier alpha value is -1.95. The third kappa shape index (κ3) is 4.04. The molecule has 0 saturated carbocycles. The lowest BCUT2D eigenvalue weighted by Gasteiger charge is -2.09. The lowest BCUT2D eigenvalue weighted by Crippen LogP contribution is -2.20. The highest BCUT2D eigenvalue weighted by Crippen LogP contribution is 2.25. The number of nitrogens with one attached hydrogen (secondary N) is 1. The van der Waals surface area contributed by atoms with Crippen molar-refractivity contribution >= 4 is 52.5 Å². The van der Waals surface area contributed by atoms with Gasteiger partial charge >= 0.3 is 0 Å². The first-order valence-corrected chi connectivity index (χ1v) is 7.68. The van der Waals surface area contributed by atoms with E-state index in [1.165, 1.54) is 4.57 Å². The minimum atomic E-state index is -0.330. The fraction of sp³-hybridized carbons (Fsp3) is 0.167. The maximum absolute atomic E-state index is 12.1. The Morgan fingerprint density at radius 3 is 2.86 bits per heavy atom. The molecule has 0 unspecified atom stereocenters. The van der Waals surface area contributed by atoms with Crippen molar-refractivity contribution in [3.05, 3.63) is 28.2 Å². The number of halogens is 2. The average molecular weight is 357 g/mol. The smallest absolute Gasteiger partial charge is 0.244 e. The van der Waals surface area contributed by atoms with Crippen LogP contribution in [0.3, 0.4) is 0 Å². The number of hydrogen-bond acceptors (Lipinski definition) is 6. The van der Waals surface area contributed by atoms with E-state index in [0.717, 1.165) is 11.8 Å². The van der Waals surface area contributed by atoms with E-state index in [4.69, 9.17) is 34.2 Å². The zero-order chi connectivity index (χ0) is 16.1. The van der Waals surface area contributed by atoms with Crippen molar-refractivity contribution in [2.75, 3.05) is 16.8 Å². The average Bonchev–Trinajstić information content (AvgIpc) is 2.81. The summed E-state index contributed by atoms with van der Waals surface area (Å²) >= 11 is 12.8. The minimum absolute atomic E-state index is 0.0765. The van der Waals surface area contributed by atoms with Crippen LogP contribution in [0.4, 0.5) is 11.6 Å². The highest BCUT2D eigenvalue weighted by atomic mass is 35.5. The van der Waals surface area contributed by atoms with Crippen LogP contribution >= 0.6 is 35.0 Å². The summed E-state index contributed by atoms with van der Waals surface area (Å²) in [6, 6.07) is 6.73. The molecule has 7 nitrogen and oxygen atoms in total. The molecule has 1 heterocycles. The number of aromatic nitrogens is 3. The van der Waals surface area contributed by atoms with Crippen LogP contribution in [0.1, 0.15) is 0 Å². The van der Waals surface area contributed by atoms with E-state index < -0.39 is 0 Å². The number of benzene rings is 1. The SMILES string of the molecule is N#CCSc1nnc(N)n1CC(=O)Nc1ccc(Cl)c(Cl)c1.